The Morgan fingerprint density at radius 2 is 2.36 bits per heavy atom. The van der Waals surface area contributed by atoms with Crippen molar-refractivity contribution in [3.05, 3.63) is 0 Å². The molecule has 0 saturated carbocycles. The van der Waals surface area contributed by atoms with E-state index in [9.17, 15) is 0 Å². The van der Waals surface area contributed by atoms with Crippen LogP contribution in [0.5, 0.6) is 0 Å². The van der Waals surface area contributed by atoms with Crippen LogP contribution in [0, 0.1) is 11.8 Å². The highest BCUT2D eigenvalue weighted by Crippen LogP contribution is 2.27. The average Bonchev–Trinajstić information content (AvgIpc) is 2.50. The van der Waals surface area contributed by atoms with Gasteiger partial charge in [-0.15, -0.1) is 0 Å². The van der Waals surface area contributed by atoms with Gasteiger partial charge in [0.15, 0.2) is 0 Å². The Kier molecular flexibility index (Phi) is 3.34. The van der Waals surface area contributed by atoms with Crippen LogP contribution in [-0.2, 0) is 4.74 Å². The monoisotopic (exact) mass is 157 g/mol. The average molecular weight is 157 g/mol. The molecule has 0 aromatic carbocycles. The predicted molar refractivity (Wildman–Crippen MR) is 46.4 cm³/mol. The van der Waals surface area contributed by atoms with E-state index in [1.54, 1.807) is 0 Å². The number of nitrogens with two attached hydrogens (primary N) is 1. The van der Waals surface area contributed by atoms with Crippen LogP contribution in [0.4, 0.5) is 0 Å². The summed E-state index contributed by atoms with van der Waals surface area (Å²) in [6.07, 6.45) is 2.79. The molecule has 1 aliphatic rings. The van der Waals surface area contributed by atoms with Gasteiger partial charge in [-0.2, -0.15) is 0 Å². The van der Waals surface area contributed by atoms with E-state index in [0.717, 1.165) is 19.6 Å². The van der Waals surface area contributed by atoms with Gasteiger partial charge in [0.05, 0.1) is 6.10 Å². The molecule has 1 saturated heterocycles. The summed E-state index contributed by atoms with van der Waals surface area (Å²) in [7, 11) is 0. The summed E-state index contributed by atoms with van der Waals surface area (Å²) in [4.78, 5) is 0. The van der Waals surface area contributed by atoms with Crippen LogP contribution in [-0.4, -0.2) is 19.3 Å². The second kappa shape index (κ2) is 4.07. The first-order valence-corrected chi connectivity index (χ1v) is 4.61. The zero-order valence-corrected chi connectivity index (χ0v) is 7.55. The molecule has 2 N–H and O–H groups in total. The minimum Gasteiger partial charge on any atom is -0.378 e. The summed E-state index contributed by atoms with van der Waals surface area (Å²) in [6, 6.07) is 0. The first-order chi connectivity index (χ1) is 5.29. The summed E-state index contributed by atoms with van der Waals surface area (Å²) in [5.41, 5.74) is 5.64. The summed E-state index contributed by atoms with van der Waals surface area (Å²) in [6.45, 7) is 6.16. The predicted octanol–water partition coefficient (Wildman–Crippen LogP) is 1.40. The highest BCUT2D eigenvalue weighted by molar-refractivity contribution is 4.80. The molecule has 0 aliphatic carbocycles. The Labute approximate surface area is 69.1 Å². The molecule has 1 aliphatic heterocycles. The van der Waals surface area contributed by atoms with Gasteiger partial charge in [0.1, 0.15) is 0 Å². The third-order valence-corrected chi connectivity index (χ3v) is 2.77. The normalized spacial score (nSPS) is 34.1. The topological polar surface area (TPSA) is 35.2 Å². The standard InChI is InChI=1S/C9H19NO/c1-3-7(2)9-8(6-10)4-5-11-9/h7-9H,3-6,10H2,1-2H3. The summed E-state index contributed by atoms with van der Waals surface area (Å²) in [5, 5.41) is 0. The largest absolute Gasteiger partial charge is 0.378 e. The van der Waals surface area contributed by atoms with E-state index in [2.05, 4.69) is 13.8 Å². The van der Waals surface area contributed by atoms with Crippen molar-refractivity contribution in [1.82, 2.24) is 0 Å². The molecule has 0 spiro atoms. The number of ether oxygens (including phenoxy) is 1. The van der Waals surface area contributed by atoms with Crippen molar-refractivity contribution in [2.45, 2.75) is 32.8 Å². The van der Waals surface area contributed by atoms with Gasteiger partial charge >= 0.3 is 0 Å². The second-order valence-corrected chi connectivity index (χ2v) is 3.51. The minimum atomic E-state index is 0.435. The summed E-state index contributed by atoms with van der Waals surface area (Å²) < 4.78 is 5.63. The van der Waals surface area contributed by atoms with Gasteiger partial charge in [-0.25, -0.2) is 0 Å². The van der Waals surface area contributed by atoms with Crippen LogP contribution in [0.25, 0.3) is 0 Å². The Balaban J connectivity index is 2.42. The fourth-order valence-electron chi connectivity index (χ4n) is 1.77. The van der Waals surface area contributed by atoms with Gasteiger partial charge < -0.3 is 10.5 Å². The summed E-state index contributed by atoms with van der Waals surface area (Å²) >= 11 is 0. The van der Waals surface area contributed by atoms with E-state index < -0.39 is 0 Å². The molecule has 1 rings (SSSR count). The lowest BCUT2D eigenvalue weighted by Crippen LogP contribution is -2.29. The highest BCUT2D eigenvalue weighted by atomic mass is 16.5. The highest BCUT2D eigenvalue weighted by Gasteiger charge is 2.30. The van der Waals surface area contributed by atoms with Crippen molar-refractivity contribution in [2.24, 2.45) is 17.6 Å². The van der Waals surface area contributed by atoms with Crippen molar-refractivity contribution in [1.29, 1.82) is 0 Å². The van der Waals surface area contributed by atoms with Crippen LogP contribution in [0.2, 0.25) is 0 Å². The van der Waals surface area contributed by atoms with E-state index in [0.29, 0.717) is 17.9 Å². The molecule has 1 fully saturated rings. The number of hydrogen-bond donors (Lipinski definition) is 1. The molecular formula is C9H19NO. The molecule has 0 aromatic rings. The third-order valence-electron chi connectivity index (χ3n) is 2.77. The lowest BCUT2D eigenvalue weighted by Gasteiger charge is -2.22. The molecule has 0 aromatic heterocycles. The Bertz CT molecular complexity index is 116. The minimum absolute atomic E-state index is 0.435. The maximum absolute atomic E-state index is 5.64. The molecule has 3 atom stereocenters. The zero-order chi connectivity index (χ0) is 8.27. The fraction of sp³-hybridized carbons (Fsp3) is 1.00. The lowest BCUT2D eigenvalue weighted by atomic mass is 9.90. The lowest BCUT2D eigenvalue weighted by molar-refractivity contribution is 0.0482. The van der Waals surface area contributed by atoms with Gasteiger partial charge in [0.2, 0.25) is 0 Å². The molecule has 2 nitrogen and oxygen atoms in total. The first kappa shape index (κ1) is 9.01. The van der Waals surface area contributed by atoms with Gasteiger partial charge in [-0.3, -0.25) is 0 Å². The molecular weight excluding hydrogens is 138 g/mol. The fourth-order valence-corrected chi connectivity index (χ4v) is 1.77. The number of rotatable bonds is 3. The molecule has 3 unspecified atom stereocenters. The van der Waals surface area contributed by atoms with Crippen LogP contribution in [0.1, 0.15) is 26.7 Å². The molecule has 0 bridgehead atoms. The maximum Gasteiger partial charge on any atom is 0.0641 e. The Hall–Kier alpha value is -0.0800. The number of hydrogen-bond acceptors (Lipinski definition) is 2. The molecule has 0 amide bonds. The first-order valence-electron chi connectivity index (χ1n) is 4.61. The SMILES string of the molecule is CCC(C)C1OCCC1CN. The van der Waals surface area contributed by atoms with E-state index in [4.69, 9.17) is 10.5 Å². The maximum atomic E-state index is 5.64. The smallest absolute Gasteiger partial charge is 0.0641 e. The van der Waals surface area contributed by atoms with Crippen molar-refractivity contribution in [3.63, 3.8) is 0 Å². The molecule has 66 valence electrons. The van der Waals surface area contributed by atoms with Gasteiger partial charge in [0.25, 0.3) is 0 Å². The van der Waals surface area contributed by atoms with Gasteiger partial charge in [0, 0.05) is 6.61 Å². The zero-order valence-electron chi connectivity index (χ0n) is 7.55. The van der Waals surface area contributed by atoms with Crippen LogP contribution in [0.3, 0.4) is 0 Å². The molecule has 0 radical (unpaired) electrons. The van der Waals surface area contributed by atoms with E-state index in [1.165, 1.54) is 6.42 Å². The van der Waals surface area contributed by atoms with Crippen LogP contribution in [0.15, 0.2) is 0 Å². The Morgan fingerprint density at radius 3 is 2.91 bits per heavy atom. The molecule has 2 heteroatoms. The van der Waals surface area contributed by atoms with E-state index in [1.807, 2.05) is 0 Å². The molecule has 1 heterocycles. The Morgan fingerprint density at radius 1 is 1.64 bits per heavy atom. The quantitative estimate of drug-likeness (QED) is 0.672. The third kappa shape index (κ3) is 1.94. The van der Waals surface area contributed by atoms with Crippen molar-refractivity contribution >= 4 is 0 Å². The van der Waals surface area contributed by atoms with Crippen LogP contribution < -0.4 is 5.73 Å². The van der Waals surface area contributed by atoms with Gasteiger partial charge in [-0.05, 0) is 24.8 Å². The van der Waals surface area contributed by atoms with Crippen LogP contribution >= 0.6 is 0 Å². The second-order valence-electron chi connectivity index (χ2n) is 3.51. The molecule has 11 heavy (non-hydrogen) atoms. The van der Waals surface area contributed by atoms with E-state index in [-0.39, 0.29) is 0 Å². The van der Waals surface area contributed by atoms with E-state index >= 15 is 0 Å². The summed E-state index contributed by atoms with van der Waals surface area (Å²) in [5.74, 6) is 1.29. The van der Waals surface area contributed by atoms with Crippen molar-refractivity contribution in [3.8, 4) is 0 Å². The van der Waals surface area contributed by atoms with Gasteiger partial charge in [-0.1, -0.05) is 20.3 Å². The van der Waals surface area contributed by atoms with Crippen molar-refractivity contribution in [2.75, 3.05) is 13.2 Å². The van der Waals surface area contributed by atoms with Crippen molar-refractivity contribution < 1.29 is 4.74 Å².